The van der Waals surface area contributed by atoms with Gasteiger partial charge in [-0.1, -0.05) is 0 Å². The molecule has 0 spiro atoms. The number of rotatable bonds is 1. The largest absolute Gasteiger partial charge is 0.398 e. The topological polar surface area (TPSA) is 18.5 Å². The van der Waals surface area contributed by atoms with Crippen LogP contribution in [0.15, 0.2) is 0 Å². The van der Waals surface area contributed by atoms with Crippen molar-refractivity contribution in [3.8, 4) is 0 Å². The molecule has 0 N–H and O–H groups in total. The molecule has 1 saturated heterocycles. The highest BCUT2D eigenvalue weighted by molar-refractivity contribution is 4.77. The van der Waals surface area contributed by atoms with Crippen molar-refractivity contribution in [3.05, 3.63) is 0 Å². The van der Waals surface area contributed by atoms with E-state index in [9.17, 15) is 13.2 Å². The van der Waals surface area contributed by atoms with Gasteiger partial charge in [-0.2, -0.15) is 13.2 Å². The van der Waals surface area contributed by atoms with Gasteiger partial charge in [-0.05, 0) is 0 Å². The molecule has 2 unspecified atom stereocenters. The van der Waals surface area contributed by atoms with Crippen LogP contribution in [0.25, 0.3) is 0 Å². The van der Waals surface area contributed by atoms with Crippen molar-refractivity contribution in [1.29, 1.82) is 0 Å². The molecule has 0 aromatic carbocycles. The Kier molecular flexibility index (Phi) is 1.87. The quantitative estimate of drug-likeness (QED) is 0.567. The Labute approximate surface area is 55.9 Å². The minimum absolute atomic E-state index is 0.276. The van der Waals surface area contributed by atoms with E-state index >= 15 is 0 Å². The van der Waals surface area contributed by atoms with Gasteiger partial charge in [0.25, 0.3) is 0 Å². The summed E-state index contributed by atoms with van der Waals surface area (Å²) in [5, 5.41) is 0. The molecule has 1 rings (SSSR count). The van der Waals surface area contributed by atoms with Gasteiger partial charge in [0.2, 0.25) is 0 Å². The molecule has 0 radical (unpaired) electrons. The van der Waals surface area contributed by atoms with Crippen LogP contribution in [0.3, 0.4) is 0 Å². The van der Waals surface area contributed by atoms with Gasteiger partial charge in [0, 0.05) is 7.11 Å². The summed E-state index contributed by atoms with van der Waals surface area (Å²) < 4.78 is 44.2. The Bertz CT molecular complexity index is 121. The van der Waals surface area contributed by atoms with Crippen molar-refractivity contribution in [2.24, 2.45) is 5.92 Å². The molecule has 2 nitrogen and oxygen atoms in total. The highest BCUT2D eigenvalue weighted by atomic mass is 19.4. The summed E-state index contributed by atoms with van der Waals surface area (Å²) in [6, 6.07) is 0. The zero-order valence-corrected chi connectivity index (χ0v) is 5.31. The molecule has 60 valence electrons. The van der Waals surface area contributed by atoms with Crippen LogP contribution in [0.4, 0.5) is 13.2 Å². The average molecular weight is 156 g/mol. The zero-order chi connectivity index (χ0) is 7.78. The summed E-state index contributed by atoms with van der Waals surface area (Å²) in [4.78, 5) is 0. The van der Waals surface area contributed by atoms with E-state index in [1.807, 2.05) is 0 Å². The van der Waals surface area contributed by atoms with Gasteiger partial charge in [0.15, 0.2) is 6.29 Å². The van der Waals surface area contributed by atoms with Crippen LogP contribution in [0.2, 0.25) is 0 Å². The average Bonchev–Trinajstić information content (AvgIpc) is 1.57. The number of hydrogen-bond acceptors (Lipinski definition) is 2. The van der Waals surface area contributed by atoms with Crippen molar-refractivity contribution in [1.82, 2.24) is 0 Å². The summed E-state index contributed by atoms with van der Waals surface area (Å²) in [6.45, 7) is -0.276. The second-order valence-electron chi connectivity index (χ2n) is 2.09. The SMILES string of the molecule is COC1OCC1C(F)(F)F. The smallest absolute Gasteiger partial charge is 0.355 e. The number of ether oxygens (including phenoxy) is 2. The molecule has 2 atom stereocenters. The molecule has 1 heterocycles. The predicted octanol–water partition coefficient (Wildman–Crippen LogP) is 1.17. The molecule has 0 bridgehead atoms. The number of hydrogen-bond donors (Lipinski definition) is 0. The van der Waals surface area contributed by atoms with Crippen LogP contribution < -0.4 is 0 Å². The van der Waals surface area contributed by atoms with Crippen molar-refractivity contribution in [2.45, 2.75) is 12.5 Å². The maximum Gasteiger partial charge on any atom is 0.398 e. The minimum atomic E-state index is -4.18. The van der Waals surface area contributed by atoms with Crippen molar-refractivity contribution < 1.29 is 22.6 Å². The lowest BCUT2D eigenvalue weighted by Gasteiger charge is -2.36. The molecular weight excluding hydrogens is 149 g/mol. The highest BCUT2D eigenvalue weighted by Crippen LogP contribution is 2.36. The molecule has 5 heteroatoms. The van der Waals surface area contributed by atoms with Crippen molar-refractivity contribution in [2.75, 3.05) is 13.7 Å². The van der Waals surface area contributed by atoms with E-state index in [1.165, 1.54) is 7.11 Å². The Morgan fingerprint density at radius 1 is 1.50 bits per heavy atom. The first-order valence-electron chi connectivity index (χ1n) is 2.77. The first kappa shape index (κ1) is 7.81. The third-order valence-corrected chi connectivity index (χ3v) is 1.42. The Balaban J connectivity index is 2.43. The molecular formula is C5H7F3O2. The summed E-state index contributed by atoms with van der Waals surface area (Å²) in [5.41, 5.74) is 0. The Morgan fingerprint density at radius 2 is 2.10 bits per heavy atom. The van der Waals surface area contributed by atoms with Crippen LogP contribution in [-0.4, -0.2) is 26.2 Å². The highest BCUT2D eigenvalue weighted by Gasteiger charge is 2.51. The fourth-order valence-corrected chi connectivity index (χ4v) is 0.752. The summed E-state index contributed by atoms with van der Waals surface area (Å²) in [5.74, 6) is -1.43. The molecule has 1 aliphatic rings. The maximum atomic E-state index is 11.8. The van der Waals surface area contributed by atoms with E-state index in [2.05, 4.69) is 9.47 Å². The van der Waals surface area contributed by atoms with Gasteiger partial charge in [0.1, 0.15) is 5.92 Å². The van der Waals surface area contributed by atoms with Gasteiger partial charge in [-0.3, -0.25) is 0 Å². The third-order valence-electron chi connectivity index (χ3n) is 1.42. The third kappa shape index (κ3) is 1.24. The van der Waals surface area contributed by atoms with Crippen LogP contribution >= 0.6 is 0 Å². The molecule has 10 heavy (non-hydrogen) atoms. The second kappa shape index (κ2) is 2.39. The molecule has 0 aromatic rings. The Morgan fingerprint density at radius 3 is 2.20 bits per heavy atom. The predicted molar refractivity (Wildman–Crippen MR) is 26.3 cm³/mol. The second-order valence-corrected chi connectivity index (χ2v) is 2.09. The maximum absolute atomic E-state index is 11.8. The zero-order valence-electron chi connectivity index (χ0n) is 5.31. The number of halogens is 3. The van der Waals surface area contributed by atoms with E-state index < -0.39 is 18.4 Å². The van der Waals surface area contributed by atoms with Crippen LogP contribution in [0.1, 0.15) is 0 Å². The lowest BCUT2D eigenvalue weighted by Crippen LogP contribution is -2.49. The van der Waals surface area contributed by atoms with E-state index in [0.717, 1.165) is 0 Å². The van der Waals surface area contributed by atoms with Crippen LogP contribution in [-0.2, 0) is 9.47 Å². The number of methoxy groups -OCH3 is 1. The lowest BCUT2D eigenvalue weighted by molar-refractivity contribution is -0.335. The molecule has 1 fully saturated rings. The molecule has 0 aliphatic carbocycles. The van der Waals surface area contributed by atoms with Gasteiger partial charge in [0.05, 0.1) is 6.61 Å². The van der Waals surface area contributed by atoms with Crippen molar-refractivity contribution in [3.63, 3.8) is 0 Å². The van der Waals surface area contributed by atoms with Crippen LogP contribution in [0, 0.1) is 5.92 Å². The monoisotopic (exact) mass is 156 g/mol. The summed E-state index contributed by atoms with van der Waals surface area (Å²) in [7, 11) is 1.20. The standard InChI is InChI=1S/C5H7F3O2/c1-9-4-3(2-10-4)5(6,7)8/h3-4H,2H2,1H3. The van der Waals surface area contributed by atoms with Crippen molar-refractivity contribution >= 4 is 0 Å². The Hall–Kier alpha value is -0.290. The van der Waals surface area contributed by atoms with Gasteiger partial charge in [-0.25, -0.2) is 0 Å². The van der Waals surface area contributed by atoms with E-state index in [-0.39, 0.29) is 6.61 Å². The van der Waals surface area contributed by atoms with Gasteiger partial charge < -0.3 is 9.47 Å². The van der Waals surface area contributed by atoms with Gasteiger partial charge >= 0.3 is 6.18 Å². The van der Waals surface area contributed by atoms with Gasteiger partial charge in [-0.15, -0.1) is 0 Å². The summed E-state index contributed by atoms with van der Waals surface area (Å²) in [6.07, 6.45) is -5.26. The van der Waals surface area contributed by atoms with Crippen LogP contribution in [0.5, 0.6) is 0 Å². The first-order chi connectivity index (χ1) is 4.55. The first-order valence-corrected chi connectivity index (χ1v) is 2.77. The lowest BCUT2D eigenvalue weighted by atomic mass is 10.1. The van der Waals surface area contributed by atoms with E-state index in [1.54, 1.807) is 0 Å². The number of alkyl halides is 3. The molecule has 0 saturated carbocycles. The summed E-state index contributed by atoms with van der Waals surface area (Å²) >= 11 is 0. The normalized spacial score (nSPS) is 33.6. The molecule has 0 amide bonds. The minimum Gasteiger partial charge on any atom is -0.355 e. The van der Waals surface area contributed by atoms with E-state index in [0.29, 0.717) is 0 Å². The molecule has 0 aromatic heterocycles. The fraction of sp³-hybridized carbons (Fsp3) is 1.00. The van der Waals surface area contributed by atoms with E-state index in [4.69, 9.17) is 0 Å². The molecule has 1 aliphatic heterocycles. The fourth-order valence-electron chi connectivity index (χ4n) is 0.752.